The number of nitrogens with one attached hydrogen (secondary N) is 1. The van der Waals surface area contributed by atoms with E-state index in [-0.39, 0.29) is 110 Å². The van der Waals surface area contributed by atoms with Gasteiger partial charge in [0.1, 0.15) is 31.6 Å². The first-order valence-electron chi connectivity index (χ1n) is 7.51. The van der Waals surface area contributed by atoms with Crippen molar-refractivity contribution in [2.24, 2.45) is 4.99 Å². The van der Waals surface area contributed by atoms with E-state index in [9.17, 15) is 35.8 Å². The minimum Gasteiger partial charge on any atom is -0.744 e. The Kier molecular flexibility index (Phi) is 8.98. The van der Waals surface area contributed by atoms with Crippen LogP contribution in [-0.2, 0) is 20.2 Å². The number of hydrogen-bond donors (Lipinski definition) is 2. The van der Waals surface area contributed by atoms with Crippen LogP contribution in [0.25, 0.3) is 10.9 Å². The van der Waals surface area contributed by atoms with Gasteiger partial charge in [-0.3, -0.25) is 4.79 Å². The summed E-state index contributed by atoms with van der Waals surface area (Å²) in [6, 6.07) is 6.35. The van der Waals surface area contributed by atoms with Crippen molar-refractivity contribution < 1.29 is 95.0 Å². The SMILES string of the molecule is O=C1C(c2[nH]c3ccc(S(=O)(=O)[O-])cc3c2O)=Nc2ccc(S(=O)(=O)[O-])cc21.[Al].[Na+].[Na+]. The molecule has 0 saturated carbocycles. The smallest absolute Gasteiger partial charge is 0.744 e. The molecule has 1 aliphatic rings. The summed E-state index contributed by atoms with van der Waals surface area (Å²) in [7, 11) is -9.53. The molecule has 3 aromatic rings. The second-order valence-corrected chi connectivity index (χ2v) is 8.69. The van der Waals surface area contributed by atoms with Crippen molar-refractivity contribution >= 4 is 65.7 Å². The van der Waals surface area contributed by atoms with Crippen LogP contribution in [0.5, 0.6) is 5.75 Å². The summed E-state index contributed by atoms with van der Waals surface area (Å²) in [6.07, 6.45) is 0. The monoisotopic (exact) mass is 493 g/mol. The Balaban J connectivity index is 0.00000160. The van der Waals surface area contributed by atoms with Gasteiger partial charge >= 0.3 is 59.1 Å². The van der Waals surface area contributed by atoms with Crippen molar-refractivity contribution in [2.45, 2.75) is 9.79 Å². The first-order chi connectivity index (χ1) is 13.0. The molecule has 0 bridgehead atoms. The molecule has 31 heavy (non-hydrogen) atoms. The van der Waals surface area contributed by atoms with Crippen molar-refractivity contribution in [3.05, 3.63) is 47.7 Å². The summed E-state index contributed by atoms with van der Waals surface area (Å²) in [5.41, 5.74) is -0.172. The quantitative estimate of drug-likeness (QED) is 0.268. The number of fused-ring (bicyclic) bond motifs is 2. The Morgan fingerprint density at radius 1 is 0.903 bits per heavy atom. The van der Waals surface area contributed by atoms with Crippen molar-refractivity contribution in [3.8, 4) is 5.75 Å². The van der Waals surface area contributed by atoms with E-state index in [1.807, 2.05) is 0 Å². The van der Waals surface area contributed by atoms with Gasteiger partial charge in [0.05, 0.1) is 21.0 Å². The molecule has 147 valence electrons. The fraction of sp³-hybridized carbons (Fsp3) is 0. The van der Waals surface area contributed by atoms with Crippen LogP contribution in [0, 0.1) is 0 Å². The number of ketones is 1. The van der Waals surface area contributed by atoms with E-state index in [0.717, 1.165) is 24.3 Å². The van der Waals surface area contributed by atoms with E-state index in [4.69, 9.17) is 0 Å². The predicted octanol–water partition coefficient (Wildman–Crippen LogP) is -5.37. The van der Waals surface area contributed by atoms with E-state index < -0.39 is 41.6 Å². The summed E-state index contributed by atoms with van der Waals surface area (Å²) in [5.74, 6) is -1.24. The normalized spacial score (nSPS) is 13.0. The summed E-state index contributed by atoms with van der Waals surface area (Å²) < 4.78 is 66.9. The number of Topliss-reactive ketones (excluding diaryl/α,β-unsaturated/α-hetero) is 1. The molecule has 0 amide bonds. The Bertz CT molecular complexity index is 1450. The van der Waals surface area contributed by atoms with Gasteiger partial charge < -0.3 is 19.2 Å². The topological polar surface area (TPSA) is 180 Å². The van der Waals surface area contributed by atoms with Crippen molar-refractivity contribution in [3.63, 3.8) is 0 Å². The van der Waals surface area contributed by atoms with Gasteiger partial charge in [0.15, 0.2) is 5.75 Å². The number of benzene rings is 2. The molecule has 2 N–H and O–H groups in total. The number of aliphatic imine (C=N–C) groups is 1. The van der Waals surface area contributed by atoms with Crippen LogP contribution < -0.4 is 59.1 Å². The zero-order chi connectivity index (χ0) is 20.4. The molecule has 0 aliphatic carbocycles. The molecule has 0 fully saturated rings. The minimum absolute atomic E-state index is 0. The fourth-order valence-electron chi connectivity index (χ4n) is 2.90. The second kappa shape index (κ2) is 9.76. The number of aromatic nitrogens is 1. The Morgan fingerprint density at radius 3 is 2.03 bits per heavy atom. The second-order valence-electron chi connectivity index (χ2n) is 5.93. The largest absolute Gasteiger partial charge is 1.00 e. The number of carbonyl (C=O) groups is 1. The van der Waals surface area contributed by atoms with Crippen molar-refractivity contribution in [1.82, 2.24) is 4.98 Å². The molecule has 0 unspecified atom stereocenters. The van der Waals surface area contributed by atoms with E-state index in [2.05, 4.69) is 9.98 Å². The average Bonchev–Trinajstić information content (AvgIpc) is 3.10. The number of aromatic amines is 1. The van der Waals surface area contributed by atoms with Crippen LogP contribution in [0.4, 0.5) is 5.69 Å². The third kappa shape index (κ3) is 5.19. The first-order valence-corrected chi connectivity index (χ1v) is 10.3. The standard InChI is InChI=1S/C16H10N2O8S2.Al.2Na/c19-15-9-5-7(27(21,22)23)1-3-11(9)17-13(15)14-16(20)10-6-8(28(24,25)26)2-4-12(10)18-14;;;/h1-6,17,19H,(H,21,22,23)(H,24,25,26);;;/q;;2*+1/p-2. The van der Waals surface area contributed by atoms with Gasteiger partial charge in [-0.05, 0) is 36.4 Å². The fourth-order valence-corrected chi connectivity index (χ4v) is 3.90. The van der Waals surface area contributed by atoms with Gasteiger partial charge in [0.25, 0.3) is 0 Å². The molecule has 0 saturated heterocycles. The third-order valence-corrected chi connectivity index (χ3v) is 5.88. The van der Waals surface area contributed by atoms with Gasteiger partial charge in [-0.1, -0.05) is 0 Å². The van der Waals surface area contributed by atoms with Crippen LogP contribution in [0.2, 0.25) is 0 Å². The molecule has 0 spiro atoms. The first kappa shape index (κ1) is 28.5. The average molecular weight is 493 g/mol. The van der Waals surface area contributed by atoms with Crippen LogP contribution in [0.15, 0.2) is 51.2 Å². The van der Waals surface area contributed by atoms with Gasteiger partial charge in [0.2, 0.25) is 5.78 Å². The maximum atomic E-state index is 12.6. The summed E-state index contributed by atoms with van der Waals surface area (Å²) in [6.45, 7) is 0. The van der Waals surface area contributed by atoms with E-state index in [0.29, 0.717) is 0 Å². The summed E-state index contributed by atoms with van der Waals surface area (Å²) >= 11 is 0. The molecule has 15 heteroatoms. The molecule has 2 heterocycles. The molecule has 10 nitrogen and oxygen atoms in total. The molecular formula is C16H8AlN2Na2O8S2. The van der Waals surface area contributed by atoms with Gasteiger partial charge in [-0.25, -0.2) is 21.8 Å². The molecular weight excluding hydrogens is 485 g/mol. The van der Waals surface area contributed by atoms with E-state index in [1.54, 1.807) is 0 Å². The third-order valence-electron chi connectivity index (χ3n) is 4.22. The number of rotatable bonds is 3. The molecule has 1 aromatic heterocycles. The molecule has 1 aliphatic heterocycles. The number of carbonyl (C=O) groups excluding carboxylic acids is 1. The number of hydrogen-bond acceptors (Lipinski definition) is 9. The van der Waals surface area contributed by atoms with E-state index >= 15 is 0 Å². The zero-order valence-electron chi connectivity index (χ0n) is 16.1. The zero-order valence-corrected chi connectivity index (χ0v) is 22.9. The van der Waals surface area contributed by atoms with Gasteiger partial charge in [-0.2, -0.15) is 0 Å². The molecule has 2 aromatic carbocycles. The van der Waals surface area contributed by atoms with Crippen molar-refractivity contribution in [1.29, 1.82) is 0 Å². The van der Waals surface area contributed by atoms with Crippen LogP contribution in [-0.4, -0.2) is 64.9 Å². The van der Waals surface area contributed by atoms with Gasteiger partial charge in [0, 0.05) is 28.3 Å². The summed E-state index contributed by atoms with van der Waals surface area (Å²) in [4.78, 5) is 18.2. The van der Waals surface area contributed by atoms with Crippen LogP contribution in [0.3, 0.4) is 0 Å². The van der Waals surface area contributed by atoms with E-state index in [1.165, 1.54) is 12.1 Å². The Morgan fingerprint density at radius 2 is 1.45 bits per heavy atom. The molecule has 3 radical (unpaired) electrons. The predicted molar refractivity (Wildman–Crippen MR) is 98.6 cm³/mol. The maximum absolute atomic E-state index is 12.6. The molecule has 4 rings (SSSR count). The Labute approximate surface area is 231 Å². The number of aromatic hydroxyl groups is 1. The number of nitrogens with zero attached hydrogens (tertiary/aromatic N) is 1. The number of H-pyrrole nitrogens is 1. The Hall–Kier alpha value is -0.528. The van der Waals surface area contributed by atoms with Crippen molar-refractivity contribution in [2.75, 3.05) is 0 Å². The van der Waals surface area contributed by atoms with Gasteiger partial charge in [-0.15, -0.1) is 0 Å². The minimum atomic E-state index is -4.77. The summed E-state index contributed by atoms with van der Waals surface area (Å²) in [5, 5.41) is 10.4. The van der Waals surface area contributed by atoms with Crippen LogP contribution in [0.1, 0.15) is 16.1 Å². The molecule has 0 atom stereocenters. The maximum Gasteiger partial charge on any atom is 1.00 e. The van der Waals surface area contributed by atoms with Crippen LogP contribution >= 0.6 is 0 Å².